The van der Waals surface area contributed by atoms with Crippen LogP contribution in [-0.2, 0) is 37.6 Å². The number of carbonyl (C=O) groups excluding carboxylic acids is 1. The number of amides is 1. The van der Waals surface area contributed by atoms with Gasteiger partial charge >= 0.3 is 0 Å². The van der Waals surface area contributed by atoms with Gasteiger partial charge in [0.25, 0.3) is 15.9 Å². The van der Waals surface area contributed by atoms with Crippen LogP contribution in [0.2, 0.25) is 5.02 Å². The third kappa shape index (κ3) is 4.89. The first-order valence-electron chi connectivity index (χ1n) is 11.4. The predicted molar refractivity (Wildman–Crippen MR) is 139 cm³/mol. The highest BCUT2D eigenvalue weighted by Gasteiger charge is 2.47. The number of hydrogen-bond donors (Lipinski definition) is 2. The quantitative estimate of drug-likeness (QED) is 0.527. The number of carbonyl (C=O) groups is 1. The van der Waals surface area contributed by atoms with Gasteiger partial charge in [-0.25, -0.2) is 12.8 Å². The van der Waals surface area contributed by atoms with Gasteiger partial charge < -0.3 is 15.3 Å². The number of benzene rings is 1. The highest BCUT2D eigenvalue weighted by atomic mass is 35.5. The number of rotatable bonds is 6. The van der Waals surface area contributed by atoms with Crippen LogP contribution in [0.25, 0.3) is 0 Å². The average molecular weight is 588 g/mol. The highest BCUT2D eigenvalue weighted by molar-refractivity contribution is 7.91. The molecule has 2 N–H and O–H groups in total. The Bertz CT molecular complexity index is 1580. The molecule has 0 spiro atoms. The van der Waals surface area contributed by atoms with Crippen molar-refractivity contribution >= 4 is 59.5 Å². The number of aliphatic hydroxyl groups is 1. The smallest absolute Gasteiger partial charge is 0.287 e. The first-order chi connectivity index (χ1) is 17.4. The summed E-state index contributed by atoms with van der Waals surface area (Å²) in [6.07, 6.45) is 3.09. The van der Waals surface area contributed by atoms with Crippen molar-refractivity contribution in [3.63, 3.8) is 0 Å². The molecule has 5 rings (SSSR count). The molecule has 3 aliphatic rings. The lowest BCUT2D eigenvalue weighted by molar-refractivity contribution is -0.132. The lowest BCUT2D eigenvalue weighted by atomic mass is 9.90. The van der Waals surface area contributed by atoms with Gasteiger partial charge in [0.1, 0.15) is 36.9 Å². The molecule has 0 saturated heterocycles. The number of hydrogen-bond acceptors (Lipinski definition) is 8. The molecule has 2 aliphatic heterocycles. The van der Waals surface area contributed by atoms with Crippen LogP contribution in [0.1, 0.15) is 30.4 Å². The van der Waals surface area contributed by atoms with Gasteiger partial charge in [-0.1, -0.05) is 24.1 Å². The molecule has 0 radical (unpaired) electrons. The van der Waals surface area contributed by atoms with Crippen LogP contribution in [0.15, 0.2) is 44.2 Å². The van der Waals surface area contributed by atoms with Gasteiger partial charge in [-0.2, -0.15) is 8.42 Å². The Hall–Kier alpha value is -2.48. The molecule has 2 aromatic rings. The van der Waals surface area contributed by atoms with Gasteiger partial charge in [0, 0.05) is 24.8 Å². The van der Waals surface area contributed by atoms with E-state index in [0.29, 0.717) is 24.0 Å². The Morgan fingerprint density at radius 3 is 2.78 bits per heavy atom. The minimum absolute atomic E-state index is 0.00106. The molecule has 1 saturated carbocycles. The molecule has 1 amide bonds. The fourth-order valence-corrected chi connectivity index (χ4v) is 8.56. The van der Waals surface area contributed by atoms with Crippen LogP contribution in [0.5, 0.6) is 0 Å². The number of fused-ring (bicyclic) bond motifs is 2. The summed E-state index contributed by atoms with van der Waals surface area (Å²) in [5.41, 5.74) is 0.685. The van der Waals surface area contributed by atoms with Gasteiger partial charge in [0.05, 0.1) is 10.8 Å². The van der Waals surface area contributed by atoms with E-state index in [0.717, 1.165) is 24.0 Å². The Morgan fingerprint density at radius 1 is 1.32 bits per heavy atom. The summed E-state index contributed by atoms with van der Waals surface area (Å²) in [4.78, 5) is 15.1. The molecule has 1 fully saturated rings. The molecule has 2 unspecified atom stereocenters. The summed E-state index contributed by atoms with van der Waals surface area (Å²) < 4.78 is 67.0. The SMILES string of the molecule is CS(=O)(=O)CCc1csc2c1S(=O)(=O)N=C(C1=C(O)C3CCCC3N(Cc3ccc(F)c(Cl)c3)C1=O)N2. The zero-order valence-electron chi connectivity index (χ0n) is 19.6. The molecule has 2 atom stereocenters. The maximum atomic E-state index is 13.7. The summed E-state index contributed by atoms with van der Waals surface area (Å²) in [5, 5.41) is 15.7. The first-order valence-corrected chi connectivity index (χ1v) is 16.2. The second-order valence-corrected chi connectivity index (χ2v) is 14.5. The molecule has 3 heterocycles. The van der Waals surface area contributed by atoms with E-state index in [1.54, 1.807) is 10.3 Å². The second kappa shape index (κ2) is 9.37. The van der Waals surface area contributed by atoms with Crippen molar-refractivity contribution in [3.05, 3.63) is 56.9 Å². The number of sulfone groups is 1. The normalized spacial score (nSPS) is 22.9. The van der Waals surface area contributed by atoms with Crippen molar-refractivity contribution in [3.8, 4) is 0 Å². The Labute approximate surface area is 222 Å². The van der Waals surface area contributed by atoms with Gasteiger partial charge in [-0.05, 0) is 47.9 Å². The number of anilines is 1. The predicted octanol–water partition coefficient (Wildman–Crippen LogP) is 3.66. The van der Waals surface area contributed by atoms with E-state index in [1.165, 1.54) is 18.2 Å². The largest absolute Gasteiger partial charge is 0.511 e. The Kier molecular flexibility index (Phi) is 6.62. The monoisotopic (exact) mass is 587 g/mol. The maximum absolute atomic E-state index is 13.7. The van der Waals surface area contributed by atoms with E-state index in [4.69, 9.17) is 11.6 Å². The third-order valence-electron chi connectivity index (χ3n) is 6.80. The summed E-state index contributed by atoms with van der Waals surface area (Å²) in [7, 11) is -7.60. The van der Waals surface area contributed by atoms with Gasteiger partial charge in [0.2, 0.25) is 0 Å². The molecular weight excluding hydrogens is 565 g/mol. The van der Waals surface area contributed by atoms with E-state index in [9.17, 15) is 31.1 Å². The summed E-state index contributed by atoms with van der Waals surface area (Å²) >= 11 is 6.98. The van der Waals surface area contributed by atoms with E-state index in [2.05, 4.69) is 9.71 Å². The average Bonchev–Trinajstić information content (AvgIpc) is 3.45. The molecule has 1 aromatic carbocycles. The summed E-state index contributed by atoms with van der Waals surface area (Å²) in [6, 6.07) is 3.86. The van der Waals surface area contributed by atoms with Crippen molar-refractivity contribution in [2.75, 3.05) is 17.3 Å². The number of halogens is 2. The summed E-state index contributed by atoms with van der Waals surface area (Å²) in [6.45, 7) is 0.0940. The fraction of sp³-hybridized carbons (Fsp3) is 0.391. The lowest BCUT2D eigenvalue weighted by Gasteiger charge is -2.38. The van der Waals surface area contributed by atoms with Crippen molar-refractivity contribution in [2.24, 2.45) is 10.3 Å². The van der Waals surface area contributed by atoms with E-state index >= 15 is 0 Å². The van der Waals surface area contributed by atoms with Crippen molar-refractivity contribution < 1.29 is 31.1 Å². The Balaban J connectivity index is 1.51. The minimum atomic E-state index is -4.29. The zero-order chi connectivity index (χ0) is 26.7. The number of amidine groups is 1. The van der Waals surface area contributed by atoms with E-state index < -0.39 is 37.5 Å². The first kappa shape index (κ1) is 26.1. The molecule has 9 nitrogen and oxygen atoms in total. The van der Waals surface area contributed by atoms with Gasteiger partial charge in [-0.3, -0.25) is 4.79 Å². The molecule has 1 aliphatic carbocycles. The second-order valence-electron chi connectivity index (χ2n) is 9.39. The van der Waals surface area contributed by atoms with Crippen LogP contribution in [-0.4, -0.2) is 56.6 Å². The van der Waals surface area contributed by atoms with Crippen molar-refractivity contribution in [1.82, 2.24) is 4.90 Å². The topological polar surface area (TPSA) is 133 Å². The van der Waals surface area contributed by atoms with E-state index in [-0.39, 0.29) is 56.8 Å². The molecule has 1 aromatic heterocycles. The number of sulfonamides is 1. The standard InChI is InChI=1S/C23H23ClFN3O6S3/c1-36(31,32)8-7-13-11-35-22-20(13)37(33,34)27-21(26-22)18-19(29)14-3-2-4-17(14)28(23(18)30)10-12-5-6-16(25)15(24)9-12/h5-6,9,11,14,17,29H,2-4,7-8,10H2,1H3,(H,26,27). The lowest BCUT2D eigenvalue weighted by Crippen LogP contribution is -2.49. The summed E-state index contributed by atoms with van der Waals surface area (Å²) in [5.74, 6) is -2.29. The zero-order valence-corrected chi connectivity index (χ0v) is 22.8. The van der Waals surface area contributed by atoms with E-state index in [1.807, 2.05) is 0 Å². The Morgan fingerprint density at radius 2 is 2.08 bits per heavy atom. The maximum Gasteiger partial charge on any atom is 0.287 e. The molecular formula is C23H23ClFN3O6S3. The molecule has 14 heteroatoms. The number of aryl methyl sites for hydroxylation is 1. The minimum Gasteiger partial charge on any atom is -0.511 e. The highest BCUT2D eigenvalue weighted by Crippen LogP contribution is 2.43. The number of nitrogens with zero attached hydrogens (tertiary/aromatic N) is 2. The van der Waals surface area contributed by atoms with Crippen LogP contribution in [0, 0.1) is 11.7 Å². The van der Waals surface area contributed by atoms with Crippen LogP contribution < -0.4 is 5.32 Å². The molecule has 37 heavy (non-hydrogen) atoms. The van der Waals surface area contributed by atoms with Crippen molar-refractivity contribution in [1.29, 1.82) is 0 Å². The number of aliphatic hydroxyl groups excluding tert-OH is 1. The van der Waals surface area contributed by atoms with Gasteiger partial charge in [0.15, 0.2) is 5.84 Å². The van der Waals surface area contributed by atoms with Crippen LogP contribution >= 0.6 is 22.9 Å². The number of nitrogens with one attached hydrogen (secondary N) is 1. The molecule has 198 valence electrons. The van der Waals surface area contributed by atoms with Crippen LogP contribution in [0.4, 0.5) is 9.39 Å². The fourth-order valence-electron chi connectivity index (χ4n) is 5.09. The van der Waals surface area contributed by atoms with Crippen LogP contribution in [0.3, 0.4) is 0 Å². The van der Waals surface area contributed by atoms with Gasteiger partial charge in [-0.15, -0.1) is 15.7 Å². The van der Waals surface area contributed by atoms with Crippen molar-refractivity contribution in [2.45, 2.75) is 43.2 Å². The number of thiophene rings is 1. The third-order valence-corrected chi connectivity index (χ3v) is 10.5. The molecule has 0 bridgehead atoms.